The van der Waals surface area contributed by atoms with Crippen molar-refractivity contribution in [1.82, 2.24) is 14.5 Å². The third kappa shape index (κ3) is 3.51. The van der Waals surface area contributed by atoms with Gasteiger partial charge >= 0.3 is 0 Å². The number of hydrogen-bond acceptors (Lipinski definition) is 4. The Bertz CT molecular complexity index is 1080. The molecule has 2 heterocycles. The van der Waals surface area contributed by atoms with E-state index in [1.807, 2.05) is 28.1 Å². The van der Waals surface area contributed by atoms with E-state index in [0.717, 1.165) is 20.5 Å². The molecule has 0 aliphatic heterocycles. The van der Waals surface area contributed by atoms with Crippen LogP contribution in [0.15, 0.2) is 58.5 Å². The first-order valence-corrected chi connectivity index (χ1v) is 9.76. The second-order valence-electron chi connectivity index (χ2n) is 5.55. The first-order chi connectivity index (χ1) is 12.6. The molecule has 0 spiro atoms. The lowest BCUT2D eigenvalue weighted by atomic mass is 10.3. The number of hydrogen-bond donors (Lipinski definition) is 1. The van der Waals surface area contributed by atoms with Crippen LogP contribution in [0.4, 0.5) is 5.69 Å². The molecule has 8 heteroatoms. The van der Waals surface area contributed by atoms with Crippen molar-refractivity contribution in [2.24, 2.45) is 0 Å². The van der Waals surface area contributed by atoms with Gasteiger partial charge in [0.2, 0.25) is 5.91 Å². The van der Waals surface area contributed by atoms with Crippen LogP contribution in [0, 0.1) is 0 Å². The van der Waals surface area contributed by atoms with Crippen LogP contribution in [-0.4, -0.2) is 20.4 Å². The predicted octanol–water partition coefficient (Wildman–Crippen LogP) is 5.21. The molecule has 5 nitrogen and oxygen atoms in total. The Morgan fingerprint density at radius 3 is 2.77 bits per heavy atom. The molecule has 0 unspecified atom stereocenters. The molecule has 4 aromatic rings. The Morgan fingerprint density at radius 2 is 2.04 bits per heavy atom. The molecule has 0 bridgehead atoms. The van der Waals surface area contributed by atoms with Gasteiger partial charge in [-0.1, -0.05) is 27.5 Å². The Hall–Kier alpha value is -2.22. The van der Waals surface area contributed by atoms with Crippen LogP contribution in [0.5, 0.6) is 0 Å². The largest absolute Gasteiger partial charge is 0.325 e. The molecule has 130 valence electrons. The molecular weight excluding hydrogens is 436 g/mol. The first kappa shape index (κ1) is 17.2. The number of nitrogens with one attached hydrogen (secondary N) is 1. The minimum Gasteiger partial charge on any atom is -0.325 e. The summed E-state index contributed by atoms with van der Waals surface area (Å²) in [6.07, 6.45) is 1.73. The Kier molecular flexibility index (Phi) is 4.76. The molecule has 0 aliphatic carbocycles. The van der Waals surface area contributed by atoms with E-state index in [2.05, 4.69) is 31.2 Å². The number of carbonyl (C=O) groups excluding carboxylic acids is 1. The molecule has 1 N–H and O–H groups in total. The number of fused-ring (bicyclic) bond motifs is 1. The highest BCUT2D eigenvalue weighted by Gasteiger charge is 2.17. The maximum absolute atomic E-state index is 12.6. The zero-order valence-corrected chi connectivity index (χ0v) is 16.5. The lowest BCUT2D eigenvalue weighted by Crippen LogP contribution is -2.19. The molecule has 0 fully saturated rings. The van der Waals surface area contributed by atoms with Crippen molar-refractivity contribution in [3.8, 4) is 10.8 Å². The van der Waals surface area contributed by atoms with E-state index in [0.29, 0.717) is 16.5 Å². The van der Waals surface area contributed by atoms with Crippen molar-refractivity contribution in [2.45, 2.75) is 6.54 Å². The van der Waals surface area contributed by atoms with Crippen molar-refractivity contribution in [2.75, 3.05) is 5.32 Å². The number of thiazole rings is 1. The average molecular weight is 448 g/mol. The second-order valence-corrected chi connectivity index (χ2v) is 7.79. The van der Waals surface area contributed by atoms with Gasteiger partial charge < -0.3 is 9.88 Å². The summed E-state index contributed by atoms with van der Waals surface area (Å²) in [5.74, 6) is 0.534. The summed E-state index contributed by atoms with van der Waals surface area (Å²) in [4.78, 5) is 21.6. The molecule has 0 aliphatic rings. The minimum atomic E-state index is -0.146. The minimum absolute atomic E-state index is 0.135. The molecule has 4 rings (SSSR count). The number of nitrogens with zero attached hydrogens (tertiary/aromatic N) is 3. The van der Waals surface area contributed by atoms with Gasteiger partial charge in [-0.2, -0.15) is 0 Å². The Labute approximate surface area is 166 Å². The normalized spacial score (nSPS) is 11.0. The van der Waals surface area contributed by atoms with Crippen LogP contribution in [-0.2, 0) is 11.3 Å². The average Bonchev–Trinajstić information content (AvgIpc) is 3.25. The van der Waals surface area contributed by atoms with Crippen LogP contribution in [0.1, 0.15) is 0 Å². The number of aromatic nitrogens is 3. The number of imidazole rings is 1. The van der Waals surface area contributed by atoms with Crippen molar-refractivity contribution < 1.29 is 4.79 Å². The SMILES string of the molecule is O=C(Cn1c(-c2nccs2)nc2cc(Br)ccc21)Nc1ccc(Cl)cc1. The van der Waals surface area contributed by atoms with Gasteiger partial charge in [-0.3, -0.25) is 4.79 Å². The van der Waals surface area contributed by atoms with Crippen molar-refractivity contribution >= 4 is 61.5 Å². The van der Waals surface area contributed by atoms with Crippen molar-refractivity contribution in [3.63, 3.8) is 0 Å². The number of halogens is 2. The highest BCUT2D eigenvalue weighted by atomic mass is 79.9. The fraction of sp³-hybridized carbons (Fsp3) is 0.0556. The lowest BCUT2D eigenvalue weighted by Gasteiger charge is -2.09. The van der Waals surface area contributed by atoms with Gasteiger partial charge in [0.25, 0.3) is 0 Å². The van der Waals surface area contributed by atoms with E-state index in [1.54, 1.807) is 30.5 Å². The Morgan fingerprint density at radius 1 is 1.23 bits per heavy atom. The van der Waals surface area contributed by atoms with Gasteiger partial charge in [-0.05, 0) is 42.5 Å². The molecule has 2 aromatic heterocycles. The van der Waals surface area contributed by atoms with E-state index in [4.69, 9.17) is 11.6 Å². The summed E-state index contributed by atoms with van der Waals surface area (Å²) >= 11 is 10.8. The third-order valence-electron chi connectivity index (χ3n) is 3.76. The summed E-state index contributed by atoms with van der Waals surface area (Å²) in [5, 5.41) is 6.17. The number of anilines is 1. The van der Waals surface area contributed by atoms with Gasteiger partial charge in [0.15, 0.2) is 10.8 Å². The summed E-state index contributed by atoms with van der Waals surface area (Å²) in [6, 6.07) is 12.8. The van der Waals surface area contributed by atoms with Gasteiger partial charge in [0.05, 0.1) is 11.0 Å². The van der Waals surface area contributed by atoms with Crippen LogP contribution in [0.2, 0.25) is 5.02 Å². The van der Waals surface area contributed by atoms with Gasteiger partial charge in [0.1, 0.15) is 6.54 Å². The van der Waals surface area contributed by atoms with E-state index < -0.39 is 0 Å². The molecule has 1 amide bonds. The van der Waals surface area contributed by atoms with E-state index in [-0.39, 0.29) is 12.5 Å². The molecule has 0 saturated carbocycles. The van der Waals surface area contributed by atoms with Gasteiger partial charge in [-0.15, -0.1) is 11.3 Å². The monoisotopic (exact) mass is 446 g/mol. The van der Waals surface area contributed by atoms with Crippen LogP contribution in [0.3, 0.4) is 0 Å². The predicted molar refractivity (Wildman–Crippen MR) is 109 cm³/mol. The van der Waals surface area contributed by atoms with Crippen molar-refractivity contribution in [3.05, 3.63) is 63.5 Å². The second kappa shape index (κ2) is 7.19. The fourth-order valence-electron chi connectivity index (χ4n) is 2.64. The fourth-order valence-corrected chi connectivity index (χ4v) is 3.75. The van der Waals surface area contributed by atoms with Crippen molar-refractivity contribution in [1.29, 1.82) is 0 Å². The summed E-state index contributed by atoms with van der Waals surface area (Å²) < 4.78 is 2.82. The maximum atomic E-state index is 12.6. The van der Waals surface area contributed by atoms with Gasteiger partial charge in [0, 0.05) is 26.8 Å². The molecule has 0 radical (unpaired) electrons. The molecule has 26 heavy (non-hydrogen) atoms. The zero-order valence-electron chi connectivity index (χ0n) is 13.3. The zero-order chi connectivity index (χ0) is 18.1. The van der Waals surface area contributed by atoms with E-state index >= 15 is 0 Å². The quantitative estimate of drug-likeness (QED) is 0.467. The standard InChI is InChI=1S/C18H12BrClN4OS/c19-11-1-6-15-14(9-11)23-17(18-21-7-8-26-18)24(15)10-16(25)22-13-4-2-12(20)3-5-13/h1-9H,10H2,(H,22,25). The van der Waals surface area contributed by atoms with Crippen LogP contribution < -0.4 is 5.32 Å². The molecular formula is C18H12BrClN4OS. The highest BCUT2D eigenvalue weighted by molar-refractivity contribution is 9.10. The summed E-state index contributed by atoms with van der Waals surface area (Å²) in [5.41, 5.74) is 2.39. The highest BCUT2D eigenvalue weighted by Crippen LogP contribution is 2.28. The van der Waals surface area contributed by atoms with E-state index in [1.165, 1.54) is 11.3 Å². The maximum Gasteiger partial charge on any atom is 0.244 e. The molecule has 2 aromatic carbocycles. The van der Waals surface area contributed by atoms with Crippen LogP contribution >= 0.6 is 38.9 Å². The first-order valence-electron chi connectivity index (χ1n) is 7.71. The topological polar surface area (TPSA) is 59.8 Å². The van der Waals surface area contributed by atoms with Crippen LogP contribution in [0.25, 0.3) is 21.9 Å². The van der Waals surface area contributed by atoms with E-state index in [9.17, 15) is 4.79 Å². The number of rotatable bonds is 4. The number of amides is 1. The molecule has 0 saturated heterocycles. The summed E-state index contributed by atoms with van der Waals surface area (Å²) in [7, 11) is 0. The Balaban J connectivity index is 1.69. The number of benzene rings is 2. The van der Waals surface area contributed by atoms with Gasteiger partial charge in [-0.25, -0.2) is 9.97 Å². The number of carbonyl (C=O) groups is 1. The third-order valence-corrected chi connectivity index (χ3v) is 5.28. The summed E-state index contributed by atoms with van der Waals surface area (Å²) in [6.45, 7) is 0.135. The molecule has 0 atom stereocenters. The smallest absolute Gasteiger partial charge is 0.244 e. The lowest BCUT2D eigenvalue weighted by molar-refractivity contribution is -0.116.